The summed E-state index contributed by atoms with van der Waals surface area (Å²) in [5, 5.41) is 21.4. The molecule has 0 rings (SSSR count). The maximum Gasteiger partial charge on any atom is 0.176 e. The van der Waals surface area contributed by atoms with Crippen LogP contribution in [0.1, 0.15) is 25.7 Å². The van der Waals surface area contributed by atoms with E-state index in [0.717, 1.165) is 38.8 Å². The lowest BCUT2D eigenvalue weighted by molar-refractivity contribution is 0.617. The predicted octanol–water partition coefficient (Wildman–Crippen LogP) is 0.688. The van der Waals surface area contributed by atoms with Gasteiger partial charge >= 0.3 is 0 Å². The first-order valence-corrected chi connectivity index (χ1v) is 4.15. The normalized spacial score (nSPS) is 8.17. The van der Waals surface area contributed by atoms with E-state index in [9.17, 15) is 0 Å². The first kappa shape index (κ1) is 10.6. The van der Waals surface area contributed by atoms with E-state index in [-0.39, 0.29) is 0 Å². The monoisotopic (exact) mass is 166 g/mol. The van der Waals surface area contributed by atoms with Crippen LogP contribution >= 0.6 is 0 Å². The fourth-order valence-electron chi connectivity index (χ4n) is 0.892. The predicted molar refractivity (Wildman–Crippen MR) is 45.7 cm³/mol. The largest absolute Gasteiger partial charge is 0.324 e. The molecule has 4 heteroatoms. The third kappa shape index (κ3) is 8.58. The fourth-order valence-corrected chi connectivity index (χ4v) is 0.892. The number of nitrogens with zero attached hydrogens (tertiary/aromatic N) is 2. The molecule has 0 amide bonds. The Morgan fingerprint density at radius 3 is 1.50 bits per heavy atom. The number of rotatable bonds is 7. The van der Waals surface area contributed by atoms with Gasteiger partial charge in [-0.15, -0.1) is 0 Å². The minimum atomic E-state index is 0.766. The van der Waals surface area contributed by atoms with Crippen LogP contribution in [0.3, 0.4) is 0 Å². The molecule has 12 heavy (non-hydrogen) atoms. The van der Waals surface area contributed by atoms with Gasteiger partial charge < -0.3 is 10.6 Å². The summed E-state index contributed by atoms with van der Waals surface area (Å²) in [6, 6.07) is 0. The molecule has 66 valence electrons. The summed E-state index contributed by atoms with van der Waals surface area (Å²) in [7, 11) is 0. The molecule has 0 unspecified atom stereocenters. The lowest BCUT2D eigenvalue weighted by Crippen LogP contribution is -2.08. The Balaban J connectivity index is 2.84. The van der Waals surface area contributed by atoms with Crippen molar-refractivity contribution in [3.63, 3.8) is 0 Å². The highest BCUT2D eigenvalue weighted by atomic mass is 14.8. The van der Waals surface area contributed by atoms with Crippen LogP contribution in [-0.2, 0) is 0 Å². The van der Waals surface area contributed by atoms with Gasteiger partial charge in [0.2, 0.25) is 0 Å². The van der Waals surface area contributed by atoms with Gasteiger partial charge in [0.05, 0.1) is 0 Å². The summed E-state index contributed by atoms with van der Waals surface area (Å²) < 4.78 is 0. The van der Waals surface area contributed by atoms with E-state index in [0.29, 0.717) is 0 Å². The van der Waals surface area contributed by atoms with Crippen LogP contribution in [-0.4, -0.2) is 13.1 Å². The summed E-state index contributed by atoms with van der Waals surface area (Å²) in [6.07, 6.45) is 8.03. The quantitative estimate of drug-likeness (QED) is 0.331. The molecule has 0 aromatic rings. The van der Waals surface area contributed by atoms with Crippen LogP contribution in [0, 0.1) is 22.9 Å². The van der Waals surface area contributed by atoms with Crippen molar-refractivity contribution >= 4 is 0 Å². The van der Waals surface area contributed by atoms with Gasteiger partial charge in [-0.3, -0.25) is 0 Å². The van der Waals surface area contributed by atoms with Crippen molar-refractivity contribution < 1.29 is 0 Å². The SMILES string of the molecule is N#CNCCCCCCNC#N. The van der Waals surface area contributed by atoms with Crippen molar-refractivity contribution in [1.82, 2.24) is 10.6 Å². The third-order valence-electron chi connectivity index (χ3n) is 1.51. The molecule has 0 saturated heterocycles. The van der Waals surface area contributed by atoms with Crippen LogP contribution in [0.15, 0.2) is 0 Å². The molecule has 4 nitrogen and oxygen atoms in total. The van der Waals surface area contributed by atoms with Gasteiger partial charge in [0.25, 0.3) is 0 Å². The number of hydrogen-bond donors (Lipinski definition) is 2. The van der Waals surface area contributed by atoms with Crippen molar-refractivity contribution in [3.05, 3.63) is 0 Å². The smallest absolute Gasteiger partial charge is 0.176 e. The Labute approximate surface area is 73.2 Å². The highest BCUT2D eigenvalue weighted by Crippen LogP contribution is 1.97. The second kappa shape index (κ2) is 9.58. The lowest BCUT2D eigenvalue weighted by Gasteiger charge is -1.98. The molecular weight excluding hydrogens is 152 g/mol. The summed E-state index contributed by atoms with van der Waals surface area (Å²) >= 11 is 0. The summed E-state index contributed by atoms with van der Waals surface area (Å²) in [4.78, 5) is 0. The summed E-state index contributed by atoms with van der Waals surface area (Å²) in [5.41, 5.74) is 0. The van der Waals surface area contributed by atoms with E-state index >= 15 is 0 Å². The number of unbranched alkanes of at least 4 members (excludes halogenated alkanes) is 3. The molecule has 0 atom stereocenters. The zero-order chi connectivity index (χ0) is 9.07. The van der Waals surface area contributed by atoms with Gasteiger partial charge in [-0.2, -0.15) is 10.5 Å². The van der Waals surface area contributed by atoms with Gasteiger partial charge in [-0.25, -0.2) is 0 Å². The molecule has 0 fully saturated rings. The maximum absolute atomic E-state index is 8.13. The van der Waals surface area contributed by atoms with Crippen LogP contribution in [0.2, 0.25) is 0 Å². The molecule has 0 spiro atoms. The molecule has 0 heterocycles. The van der Waals surface area contributed by atoms with Crippen molar-refractivity contribution in [2.45, 2.75) is 25.7 Å². The molecular formula is C8H14N4. The Bertz CT molecular complexity index is 145. The second-order valence-corrected chi connectivity index (χ2v) is 2.49. The average Bonchev–Trinajstić information content (AvgIpc) is 2.10. The Morgan fingerprint density at radius 2 is 1.17 bits per heavy atom. The highest BCUT2D eigenvalue weighted by Gasteiger charge is 1.88. The molecule has 0 aliphatic carbocycles. The molecule has 0 aliphatic rings. The van der Waals surface area contributed by atoms with E-state index < -0.39 is 0 Å². The van der Waals surface area contributed by atoms with E-state index in [4.69, 9.17) is 10.5 Å². The Morgan fingerprint density at radius 1 is 0.750 bits per heavy atom. The van der Waals surface area contributed by atoms with Crippen molar-refractivity contribution in [3.8, 4) is 12.4 Å². The molecule has 0 saturated carbocycles. The molecule has 0 aliphatic heterocycles. The van der Waals surface area contributed by atoms with E-state index in [1.807, 2.05) is 12.4 Å². The van der Waals surface area contributed by atoms with Crippen molar-refractivity contribution in [1.29, 1.82) is 10.5 Å². The summed E-state index contributed by atoms with van der Waals surface area (Å²) in [6.45, 7) is 1.53. The molecule has 0 aromatic heterocycles. The zero-order valence-corrected chi connectivity index (χ0v) is 7.14. The van der Waals surface area contributed by atoms with Gasteiger partial charge in [0, 0.05) is 13.1 Å². The minimum Gasteiger partial charge on any atom is -0.324 e. The highest BCUT2D eigenvalue weighted by molar-refractivity contribution is 4.65. The minimum absolute atomic E-state index is 0.766. The Kier molecular flexibility index (Phi) is 8.45. The molecule has 0 radical (unpaired) electrons. The fraction of sp³-hybridized carbons (Fsp3) is 0.750. The van der Waals surface area contributed by atoms with E-state index in [1.165, 1.54) is 0 Å². The molecule has 0 bridgehead atoms. The standard InChI is InChI=1S/C8H14N4/c9-7-11-5-3-1-2-4-6-12-8-10/h11-12H,1-6H2. The number of nitrogens with one attached hydrogen (secondary N) is 2. The van der Waals surface area contributed by atoms with Crippen LogP contribution in [0.25, 0.3) is 0 Å². The molecule has 0 aromatic carbocycles. The topological polar surface area (TPSA) is 71.6 Å². The van der Waals surface area contributed by atoms with Crippen LogP contribution in [0.5, 0.6) is 0 Å². The maximum atomic E-state index is 8.13. The van der Waals surface area contributed by atoms with E-state index in [1.54, 1.807) is 0 Å². The number of hydrogen-bond acceptors (Lipinski definition) is 4. The average molecular weight is 166 g/mol. The van der Waals surface area contributed by atoms with Crippen molar-refractivity contribution in [2.24, 2.45) is 0 Å². The van der Waals surface area contributed by atoms with Gasteiger partial charge in [0.15, 0.2) is 12.4 Å². The van der Waals surface area contributed by atoms with Crippen LogP contribution < -0.4 is 10.6 Å². The van der Waals surface area contributed by atoms with Gasteiger partial charge in [-0.05, 0) is 12.8 Å². The molecule has 2 N–H and O–H groups in total. The lowest BCUT2D eigenvalue weighted by atomic mass is 10.2. The summed E-state index contributed by atoms with van der Waals surface area (Å²) in [5.74, 6) is 0. The Hall–Kier alpha value is -1.42. The first-order chi connectivity index (χ1) is 5.91. The van der Waals surface area contributed by atoms with Crippen molar-refractivity contribution in [2.75, 3.05) is 13.1 Å². The zero-order valence-electron chi connectivity index (χ0n) is 7.14. The third-order valence-corrected chi connectivity index (χ3v) is 1.51. The second-order valence-electron chi connectivity index (χ2n) is 2.49. The van der Waals surface area contributed by atoms with Crippen LogP contribution in [0.4, 0.5) is 0 Å². The van der Waals surface area contributed by atoms with Gasteiger partial charge in [-0.1, -0.05) is 12.8 Å². The van der Waals surface area contributed by atoms with E-state index in [2.05, 4.69) is 10.6 Å². The first-order valence-electron chi connectivity index (χ1n) is 4.15. The van der Waals surface area contributed by atoms with Gasteiger partial charge in [0.1, 0.15) is 0 Å². The number of nitriles is 2.